The molecular formula is C23H29ClN2O3. The van der Waals surface area contributed by atoms with Crippen molar-refractivity contribution in [1.82, 2.24) is 10.2 Å². The van der Waals surface area contributed by atoms with E-state index in [2.05, 4.69) is 5.32 Å². The minimum absolute atomic E-state index is 0.139. The van der Waals surface area contributed by atoms with Gasteiger partial charge < -0.3 is 15.0 Å². The lowest BCUT2D eigenvalue weighted by atomic mass is 10.1. The Bertz CT molecular complexity index is 844. The Labute approximate surface area is 178 Å². The summed E-state index contributed by atoms with van der Waals surface area (Å²) >= 11 is 6.05. The van der Waals surface area contributed by atoms with Crippen molar-refractivity contribution in [3.05, 3.63) is 64.7 Å². The molecule has 0 bridgehead atoms. The first kappa shape index (κ1) is 22.8. The van der Waals surface area contributed by atoms with Crippen LogP contribution in [0.3, 0.4) is 0 Å². The highest BCUT2D eigenvalue weighted by atomic mass is 35.5. The van der Waals surface area contributed by atoms with Crippen LogP contribution in [0.25, 0.3) is 0 Å². The van der Waals surface area contributed by atoms with Crippen LogP contribution >= 0.6 is 11.6 Å². The molecule has 0 heterocycles. The van der Waals surface area contributed by atoms with E-state index in [4.69, 9.17) is 16.3 Å². The van der Waals surface area contributed by atoms with Gasteiger partial charge in [0.1, 0.15) is 11.8 Å². The molecule has 0 radical (unpaired) electrons. The number of halogens is 1. The fourth-order valence-corrected chi connectivity index (χ4v) is 3.12. The molecule has 5 nitrogen and oxygen atoms in total. The Morgan fingerprint density at radius 1 is 1.10 bits per heavy atom. The van der Waals surface area contributed by atoms with Gasteiger partial charge >= 0.3 is 0 Å². The first-order chi connectivity index (χ1) is 13.6. The molecule has 2 amide bonds. The van der Waals surface area contributed by atoms with E-state index in [-0.39, 0.29) is 23.8 Å². The van der Waals surface area contributed by atoms with Crippen LogP contribution in [0.15, 0.2) is 48.5 Å². The SMILES string of the molecule is COc1ccc(CN(C(=O)Cc2cccc(Cl)c2)C(C)C(=O)NC(C)(C)C)cc1. The third-order valence-electron chi connectivity index (χ3n) is 4.42. The number of methoxy groups -OCH3 is 1. The quantitative estimate of drug-likeness (QED) is 0.735. The van der Waals surface area contributed by atoms with Crippen LogP contribution < -0.4 is 10.1 Å². The van der Waals surface area contributed by atoms with Crippen molar-refractivity contribution in [2.24, 2.45) is 0 Å². The molecule has 156 valence electrons. The first-order valence-electron chi connectivity index (χ1n) is 9.58. The number of hydrogen-bond acceptors (Lipinski definition) is 3. The Balaban J connectivity index is 2.25. The molecule has 0 aliphatic heterocycles. The van der Waals surface area contributed by atoms with Crippen LogP contribution in [0.4, 0.5) is 0 Å². The molecule has 6 heteroatoms. The van der Waals surface area contributed by atoms with E-state index >= 15 is 0 Å². The maximum Gasteiger partial charge on any atom is 0.242 e. The van der Waals surface area contributed by atoms with Gasteiger partial charge in [0.25, 0.3) is 0 Å². The van der Waals surface area contributed by atoms with Crippen molar-refractivity contribution in [1.29, 1.82) is 0 Å². The van der Waals surface area contributed by atoms with Gasteiger partial charge in [-0.05, 0) is 63.1 Å². The Morgan fingerprint density at radius 3 is 2.31 bits per heavy atom. The number of carbonyl (C=O) groups excluding carboxylic acids is 2. The molecule has 0 saturated carbocycles. The molecule has 0 fully saturated rings. The summed E-state index contributed by atoms with van der Waals surface area (Å²) < 4.78 is 5.20. The predicted molar refractivity (Wildman–Crippen MR) is 116 cm³/mol. The second kappa shape index (κ2) is 9.79. The second-order valence-electron chi connectivity index (χ2n) is 8.09. The summed E-state index contributed by atoms with van der Waals surface area (Å²) in [5.74, 6) is 0.411. The molecule has 0 spiro atoms. The lowest BCUT2D eigenvalue weighted by molar-refractivity contribution is -0.140. The van der Waals surface area contributed by atoms with E-state index in [9.17, 15) is 9.59 Å². The van der Waals surface area contributed by atoms with Crippen molar-refractivity contribution < 1.29 is 14.3 Å². The highest BCUT2D eigenvalue weighted by molar-refractivity contribution is 6.30. The first-order valence-corrected chi connectivity index (χ1v) is 9.96. The number of hydrogen-bond donors (Lipinski definition) is 1. The number of nitrogens with one attached hydrogen (secondary N) is 1. The average molecular weight is 417 g/mol. The fraction of sp³-hybridized carbons (Fsp3) is 0.391. The third kappa shape index (κ3) is 7.09. The van der Waals surface area contributed by atoms with Gasteiger partial charge in [-0.2, -0.15) is 0 Å². The molecule has 0 aliphatic carbocycles. The van der Waals surface area contributed by atoms with Crippen LogP contribution in [-0.2, 0) is 22.6 Å². The van der Waals surface area contributed by atoms with E-state index in [0.29, 0.717) is 11.6 Å². The molecule has 1 unspecified atom stereocenters. The minimum atomic E-state index is -0.622. The van der Waals surface area contributed by atoms with Gasteiger partial charge in [-0.3, -0.25) is 9.59 Å². The summed E-state index contributed by atoms with van der Waals surface area (Å²) in [6.07, 6.45) is 0.170. The highest BCUT2D eigenvalue weighted by Gasteiger charge is 2.28. The molecule has 2 aromatic rings. The fourth-order valence-electron chi connectivity index (χ4n) is 2.91. The lowest BCUT2D eigenvalue weighted by Crippen LogP contribution is -2.52. The van der Waals surface area contributed by atoms with Crippen LogP contribution in [0.1, 0.15) is 38.8 Å². The van der Waals surface area contributed by atoms with Crippen molar-refractivity contribution in [2.45, 2.75) is 52.2 Å². The summed E-state index contributed by atoms with van der Waals surface area (Å²) in [7, 11) is 1.61. The molecule has 2 aromatic carbocycles. The Morgan fingerprint density at radius 2 is 1.76 bits per heavy atom. The normalized spacial score (nSPS) is 12.2. The zero-order valence-electron chi connectivity index (χ0n) is 17.7. The third-order valence-corrected chi connectivity index (χ3v) is 4.66. The van der Waals surface area contributed by atoms with Gasteiger partial charge in [0.05, 0.1) is 13.5 Å². The molecule has 1 atom stereocenters. The number of rotatable bonds is 7. The number of benzene rings is 2. The number of carbonyl (C=O) groups is 2. The van der Waals surface area contributed by atoms with Crippen LogP contribution in [0, 0.1) is 0 Å². The highest BCUT2D eigenvalue weighted by Crippen LogP contribution is 2.18. The second-order valence-corrected chi connectivity index (χ2v) is 8.53. The predicted octanol–water partition coefficient (Wildman–Crippen LogP) is 4.22. The summed E-state index contributed by atoms with van der Waals surface area (Å²) in [6.45, 7) is 7.82. The maximum atomic E-state index is 13.1. The van der Waals surface area contributed by atoms with E-state index < -0.39 is 6.04 Å². The van der Waals surface area contributed by atoms with Gasteiger partial charge in [-0.15, -0.1) is 0 Å². The van der Waals surface area contributed by atoms with E-state index in [0.717, 1.165) is 16.9 Å². The summed E-state index contributed by atoms with van der Waals surface area (Å²) in [4.78, 5) is 27.5. The number of ether oxygens (including phenoxy) is 1. The molecular weight excluding hydrogens is 388 g/mol. The van der Waals surface area contributed by atoms with Crippen molar-refractivity contribution in [3.8, 4) is 5.75 Å². The zero-order chi connectivity index (χ0) is 21.6. The maximum absolute atomic E-state index is 13.1. The van der Waals surface area contributed by atoms with Crippen molar-refractivity contribution in [2.75, 3.05) is 7.11 Å². The standard InChI is InChI=1S/C23H29ClN2O3/c1-16(22(28)25-23(2,3)4)26(15-17-9-11-20(29-5)12-10-17)21(27)14-18-7-6-8-19(24)13-18/h6-13,16H,14-15H2,1-5H3,(H,25,28). The van der Waals surface area contributed by atoms with Gasteiger partial charge in [0.2, 0.25) is 11.8 Å². The molecule has 2 rings (SSSR count). The lowest BCUT2D eigenvalue weighted by Gasteiger charge is -2.31. The monoisotopic (exact) mass is 416 g/mol. The molecule has 29 heavy (non-hydrogen) atoms. The summed E-state index contributed by atoms with van der Waals surface area (Å²) in [5.41, 5.74) is 1.35. The van der Waals surface area contributed by atoms with Crippen molar-refractivity contribution >= 4 is 23.4 Å². The Hall–Kier alpha value is -2.53. The summed E-state index contributed by atoms with van der Waals surface area (Å²) in [6, 6.07) is 14.1. The molecule has 1 N–H and O–H groups in total. The van der Waals surface area contributed by atoms with Crippen molar-refractivity contribution in [3.63, 3.8) is 0 Å². The smallest absolute Gasteiger partial charge is 0.242 e. The minimum Gasteiger partial charge on any atom is -0.497 e. The van der Waals surface area contributed by atoms with E-state index in [1.165, 1.54) is 0 Å². The van der Waals surface area contributed by atoms with Crippen LogP contribution in [0.5, 0.6) is 5.75 Å². The number of nitrogens with zero attached hydrogens (tertiary/aromatic N) is 1. The topological polar surface area (TPSA) is 58.6 Å². The van der Waals surface area contributed by atoms with Gasteiger partial charge in [0.15, 0.2) is 0 Å². The van der Waals surface area contributed by atoms with Gasteiger partial charge in [-0.25, -0.2) is 0 Å². The van der Waals surface area contributed by atoms with E-state index in [1.54, 1.807) is 31.1 Å². The molecule has 0 aromatic heterocycles. The molecule has 0 aliphatic rings. The van der Waals surface area contributed by atoms with Crippen LogP contribution in [-0.4, -0.2) is 35.4 Å². The average Bonchev–Trinajstić information content (AvgIpc) is 2.64. The zero-order valence-corrected chi connectivity index (χ0v) is 18.4. The number of amides is 2. The van der Waals surface area contributed by atoms with E-state index in [1.807, 2.05) is 57.2 Å². The van der Waals surface area contributed by atoms with Crippen LogP contribution in [0.2, 0.25) is 5.02 Å². The summed E-state index contributed by atoms with van der Waals surface area (Å²) in [5, 5.41) is 3.54. The Kier molecular flexibility index (Phi) is 7.68. The van der Waals surface area contributed by atoms with Gasteiger partial charge in [0, 0.05) is 17.1 Å². The van der Waals surface area contributed by atoms with Gasteiger partial charge in [-0.1, -0.05) is 35.9 Å². The largest absolute Gasteiger partial charge is 0.497 e. The molecule has 0 saturated heterocycles.